The second kappa shape index (κ2) is 2.59. The van der Waals surface area contributed by atoms with E-state index in [9.17, 15) is 4.79 Å². The zero-order valence-corrected chi connectivity index (χ0v) is 7.29. The molecule has 0 amide bonds. The summed E-state index contributed by atoms with van der Waals surface area (Å²) in [6, 6.07) is 9.36. The molecule has 0 saturated carbocycles. The molecule has 0 aliphatic carbocycles. The average Bonchev–Trinajstić information content (AvgIpc) is 1.90. The third kappa shape index (κ3) is 1.50. The minimum Gasteiger partial charge on any atom is -0.301 e. The van der Waals surface area contributed by atoms with Crippen LogP contribution in [0.5, 0.6) is 0 Å². The molecule has 9 heavy (non-hydrogen) atoms. The van der Waals surface area contributed by atoms with Crippen molar-refractivity contribution < 1.29 is 6.22 Å². The fraction of sp³-hybridized carbons (Fsp3) is 0. The molecule has 1 rings (SSSR count). The molecular weight excluding hydrogens is 128 g/mol. The van der Waals surface area contributed by atoms with Crippen LogP contribution in [-0.2, 0) is 0 Å². The maximum atomic E-state index is 10.7. The summed E-state index contributed by atoms with van der Waals surface area (Å²) in [5.41, 5.74) is 0.837. The highest BCUT2D eigenvalue weighted by molar-refractivity contribution is 6.62. The Morgan fingerprint density at radius 1 is 1.33 bits per heavy atom. The van der Waals surface area contributed by atoms with Crippen LogP contribution in [0.15, 0.2) is 30.3 Å². The molecule has 46 valence electrons. The number of hydrogen-bond acceptors (Lipinski definition) is 1. The zero-order valence-electron chi connectivity index (χ0n) is 6.29. The van der Waals surface area contributed by atoms with E-state index >= 15 is 0 Å². The van der Waals surface area contributed by atoms with Gasteiger partial charge >= 0.3 is 1.43 Å². The van der Waals surface area contributed by atoms with E-state index in [2.05, 4.69) is 0 Å². The summed E-state index contributed by atoms with van der Waals surface area (Å²) in [5, 5.41) is 0.260. The van der Waals surface area contributed by atoms with Crippen LogP contribution in [0, 0.1) is 0 Å². The van der Waals surface area contributed by atoms with E-state index in [0.29, 0.717) is 10.2 Å². The van der Waals surface area contributed by atoms with Crippen molar-refractivity contribution in [2.75, 3.05) is 0 Å². The maximum absolute atomic E-state index is 10.7. The minimum absolute atomic E-state index is 0. The lowest BCUT2D eigenvalue weighted by Gasteiger charge is -1.89. The van der Waals surface area contributed by atoms with Crippen LogP contribution in [0.4, 0.5) is 0 Å². The van der Waals surface area contributed by atoms with Gasteiger partial charge in [0, 0.05) is 5.56 Å². The molecule has 0 spiro atoms. The van der Waals surface area contributed by atoms with E-state index in [1.807, 2.05) is 30.3 Å². The molecule has 0 fully saturated rings. The number of rotatable bonds is 1. The quantitative estimate of drug-likeness (QED) is 0.509. The standard InChI is InChI=1S/C7H8OSi/c8-7(9)6-4-2-1-3-5-6/h1-5H,9H3/p+1. The molecular formula is C7H9OSi+. The van der Waals surface area contributed by atoms with Gasteiger partial charge in [0.2, 0.25) is 0 Å². The Bertz CT molecular complexity index is 210. The molecule has 0 N–H and O–H groups in total. The lowest BCUT2D eigenvalue weighted by Crippen LogP contribution is -1.94. The van der Waals surface area contributed by atoms with Crippen LogP contribution in [-0.4, -0.2) is 15.6 Å². The van der Waals surface area contributed by atoms with Gasteiger partial charge in [-0.2, -0.15) is 0 Å². The smallest absolute Gasteiger partial charge is 0.301 e. The molecule has 0 heterocycles. The Morgan fingerprint density at radius 3 is 2.22 bits per heavy atom. The molecule has 1 nitrogen and oxygen atoms in total. The maximum Gasteiger partial charge on any atom is 1.00 e. The van der Waals surface area contributed by atoms with Gasteiger partial charge in [0.25, 0.3) is 0 Å². The lowest BCUT2D eigenvalue weighted by molar-refractivity contribution is 0.108. The van der Waals surface area contributed by atoms with Gasteiger partial charge in [0.15, 0.2) is 0 Å². The summed E-state index contributed by atoms with van der Waals surface area (Å²) in [6.07, 6.45) is 0. The van der Waals surface area contributed by atoms with Crippen molar-refractivity contribution in [3.05, 3.63) is 35.9 Å². The number of hydrogen-bond donors (Lipinski definition) is 0. The normalized spacial score (nSPS) is 9.33. The van der Waals surface area contributed by atoms with Crippen LogP contribution in [0.25, 0.3) is 0 Å². The van der Waals surface area contributed by atoms with Gasteiger partial charge < -0.3 is 4.79 Å². The molecule has 0 bridgehead atoms. The highest BCUT2D eigenvalue weighted by Crippen LogP contribution is 1.95. The Kier molecular flexibility index (Phi) is 1.80. The van der Waals surface area contributed by atoms with Crippen molar-refractivity contribution in [2.24, 2.45) is 0 Å². The Morgan fingerprint density at radius 2 is 1.89 bits per heavy atom. The summed E-state index contributed by atoms with van der Waals surface area (Å²) in [4.78, 5) is 10.7. The lowest BCUT2D eigenvalue weighted by atomic mass is 10.2. The molecule has 0 unspecified atom stereocenters. The first kappa shape index (κ1) is 6.23. The van der Waals surface area contributed by atoms with Gasteiger partial charge in [0.1, 0.15) is 5.41 Å². The van der Waals surface area contributed by atoms with Crippen LogP contribution in [0.3, 0.4) is 0 Å². The second-order valence-corrected chi connectivity index (χ2v) is 2.83. The van der Waals surface area contributed by atoms with Crippen LogP contribution in [0.1, 0.15) is 11.8 Å². The second-order valence-electron chi connectivity index (χ2n) is 1.92. The molecule has 1 aromatic rings. The SMILES string of the molecule is O=C([SiH3])c1ccccc1.[H+]. The van der Waals surface area contributed by atoms with Crippen molar-refractivity contribution >= 4 is 15.6 Å². The summed E-state index contributed by atoms with van der Waals surface area (Å²) in [6.45, 7) is 0. The van der Waals surface area contributed by atoms with Crippen LogP contribution >= 0.6 is 0 Å². The molecule has 0 aromatic heterocycles. The van der Waals surface area contributed by atoms with Crippen molar-refractivity contribution in [3.8, 4) is 0 Å². The van der Waals surface area contributed by atoms with E-state index < -0.39 is 0 Å². The van der Waals surface area contributed by atoms with Gasteiger partial charge in [0.05, 0.1) is 10.2 Å². The average molecular weight is 137 g/mol. The Balaban J connectivity index is 0.000000810. The monoisotopic (exact) mass is 137 g/mol. The first-order valence-corrected chi connectivity index (χ1v) is 3.86. The third-order valence-corrected chi connectivity index (χ3v) is 1.76. The minimum atomic E-state index is 0. The van der Waals surface area contributed by atoms with Crippen LogP contribution in [0.2, 0.25) is 0 Å². The highest BCUT2D eigenvalue weighted by atomic mass is 28.1. The van der Waals surface area contributed by atoms with Gasteiger partial charge in [-0.15, -0.1) is 0 Å². The molecule has 0 radical (unpaired) electrons. The van der Waals surface area contributed by atoms with Gasteiger partial charge in [-0.1, -0.05) is 30.3 Å². The predicted octanol–water partition coefficient (Wildman–Crippen LogP) is 0.305. The van der Waals surface area contributed by atoms with E-state index in [1.165, 1.54) is 0 Å². The molecule has 2 heteroatoms. The van der Waals surface area contributed by atoms with Gasteiger partial charge in [-0.25, -0.2) is 0 Å². The van der Waals surface area contributed by atoms with Crippen LogP contribution < -0.4 is 0 Å². The Labute approximate surface area is 58.6 Å². The zero-order chi connectivity index (χ0) is 6.69. The van der Waals surface area contributed by atoms with Gasteiger partial charge in [-0.3, -0.25) is 0 Å². The Hall–Kier alpha value is -0.893. The first-order valence-electron chi connectivity index (χ1n) is 2.86. The molecule has 0 aliphatic rings. The van der Waals surface area contributed by atoms with Crippen molar-refractivity contribution in [1.82, 2.24) is 0 Å². The first-order chi connectivity index (χ1) is 4.30. The van der Waals surface area contributed by atoms with Gasteiger partial charge in [-0.05, 0) is 0 Å². The van der Waals surface area contributed by atoms with E-state index in [-0.39, 0.29) is 6.83 Å². The summed E-state index contributed by atoms with van der Waals surface area (Å²) in [5.74, 6) is 0. The van der Waals surface area contributed by atoms with E-state index in [4.69, 9.17) is 0 Å². The third-order valence-electron chi connectivity index (χ3n) is 1.18. The summed E-state index contributed by atoms with van der Waals surface area (Å²) < 4.78 is 0. The highest BCUT2D eigenvalue weighted by Gasteiger charge is 1.92. The van der Waals surface area contributed by atoms with Crippen molar-refractivity contribution in [2.45, 2.75) is 0 Å². The van der Waals surface area contributed by atoms with E-state index in [0.717, 1.165) is 5.56 Å². The topological polar surface area (TPSA) is 17.1 Å². The number of benzene rings is 1. The molecule has 0 atom stereocenters. The fourth-order valence-corrected chi connectivity index (χ4v) is 1.01. The largest absolute Gasteiger partial charge is 1.00 e. The fourth-order valence-electron chi connectivity index (χ4n) is 0.673. The summed E-state index contributed by atoms with van der Waals surface area (Å²) >= 11 is 0. The number of carbonyl (C=O) groups is 1. The van der Waals surface area contributed by atoms with Crippen molar-refractivity contribution in [1.29, 1.82) is 0 Å². The molecule has 0 aliphatic heterocycles. The molecule has 0 saturated heterocycles. The number of carbonyl (C=O) groups excluding carboxylic acids is 1. The van der Waals surface area contributed by atoms with Crippen molar-refractivity contribution in [3.63, 3.8) is 0 Å². The predicted molar refractivity (Wildman–Crippen MR) is 41.8 cm³/mol. The van der Waals surface area contributed by atoms with E-state index in [1.54, 1.807) is 0 Å². The summed E-state index contributed by atoms with van der Waals surface area (Å²) in [7, 11) is 0.618. The molecule has 1 aromatic carbocycles.